The maximum Gasteiger partial charge on any atom is 0.131 e. The summed E-state index contributed by atoms with van der Waals surface area (Å²) in [7, 11) is 2.19. The topological polar surface area (TPSA) is 46.4 Å². The second-order valence-electron chi connectivity index (χ2n) is 9.28. The van der Waals surface area contributed by atoms with Crippen LogP contribution in [-0.2, 0) is 5.41 Å². The summed E-state index contributed by atoms with van der Waals surface area (Å²) in [6.07, 6.45) is 7.78. The van der Waals surface area contributed by atoms with Crippen LogP contribution in [0.2, 0.25) is 0 Å². The Balaban J connectivity index is 1.57. The highest BCUT2D eigenvalue weighted by Gasteiger charge is 2.23. The van der Waals surface area contributed by atoms with Crippen LogP contribution >= 0.6 is 11.9 Å². The minimum absolute atomic E-state index is 0.130. The molecule has 3 rings (SSSR count). The second kappa shape index (κ2) is 12.8. The molecule has 0 N–H and O–H groups in total. The maximum atomic E-state index is 6.10. The SMILES string of the molecule is C=N/C=C\C(COc1ccc(C(C)(C)c2ccc(OCC3CCN(C)CC3)cc2)cc1)=N/SC. The predicted molar refractivity (Wildman–Crippen MR) is 146 cm³/mol. The first-order valence-corrected chi connectivity index (χ1v) is 13.0. The molecule has 2 aromatic carbocycles. The van der Waals surface area contributed by atoms with E-state index in [0.29, 0.717) is 12.5 Å². The van der Waals surface area contributed by atoms with Crippen molar-refractivity contribution in [1.29, 1.82) is 0 Å². The van der Waals surface area contributed by atoms with Gasteiger partial charge in [0.2, 0.25) is 0 Å². The molecule has 2 aromatic rings. The van der Waals surface area contributed by atoms with Crippen molar-refractivity contribution in [2.75, 3.05) is 39.6 Å². The average molecular weight is 480 g/mol. The minimum Gasteiger partial charge on any atom is -0.493 e. The van der Waals surface area contributed by atoms with E-state index in [1.807, 2.05) is 24.5 Å². The molecule has 0 spiro atoms. The van der Waals surface area contributed by atoms with Gasteiger partial charge in [-0.15, -0.1) is 0 Å². The van der Waals surface area contributed by atoms with E-state index in [1.165, 1.54) is 49.0 Å². The lowest BCUT2D eigenvalue weighted by molar-refractivity contribution is 0.160. The Kier molecular flexibility index (Phi) is 9.78. The number of rotatable bonds is 11. The molecular weight excluding hydrogens is 442 g/mol. The van der Waals surface area contributed by atoms with E-state index in [1.54, 1.807) is 6.20 Å². The summed E-state index contributed by atoms with van der Waals surface area (Å²) >= 11 is 1.39. The van der Waals surface area contributed by atoms with E-state index in [-0.39, 0.29) is 5.41 Å². The first-order valence-electron chi connectivity index (χ1n) is 11.8. The molecule has 0 amide bonds. The molecule has 1 saturated heterocycles. The zero-order valence-corrected chi connectivity index (χ0v) is 21.7. The molecule has 0 bridgehead atoms. The molecule has 34 heavy (non-hydrogen) atoms. The summed E-state index contributed by atoms with van der Waals surface area (Å²) in [5.41, 5.74) is 3.16. The van der Waals surface area contributed by atoms with E-state index in [2.05, 4.69) is 78.3 Å². The molecule has 1 aliphatic heterocycles. The van der Waals surface area contributed by atoms with Gasteiger partial charge in [0, 0.05) is 17.9 Å². The molecule has 1 fully saturated rings. The quantitative estimate of drug-likeness (QED) is 0.291. The number of aliphatic imine (C=N–C) groups is 1. The molecule has 0 unspecified atom stereocenters. The van der Waals surface area contributed by atoms with Gasteiger partial charge in [-0.05, 0) is 99.0 Å². The monoisotopic (exact) mass is 479 g/mol. The smallest absolute Gasteiger partial charge is 0.131 e. The van der Waals surface area contributed by atoms with Crippen molar-refractivity contribution < 1.29 is 9.47 Å². The van der Waals surface area contributed by atoms with Gasteiger partial charge in [-0.3, -0.25) is 4.99 Å². The van der Waals surface area contributed by atoms with Crippen LogP contribution in [0.15, 0.2) is 70.2 Å². The van der Waals surface area contributed by atoms with Crippen LogP contribution in [0.4, 0.5) is 0 Å². The highest BCUT2D eigenvalue weighted by atomic mass is 32.2. The summed E-state index contributed by atoms with van der Waals surface area (Å²) in [5, 5.41) is 0. The van der Waals surface area contributed by atoms with Crippen molar-refractivity contribution in [2.45, 2.75) is 32.1 Å². The van der Waals surface area contributed by atoms with Crippen molar-refractivity contribution in [3.8, 4) is 11.5 Å². The van der Waals surface area contributed by atoms with Crippen molar-refractivity contribution in [3.63, 3.8) is 0 Å². The number of piperidine rings is 1. The van der Waals surface area contributed by atoms with Gasteiger partial charge < -0.3 is 14.4 Å². The standard InChI is InChI=1S/C28H37N3O2S/c1-28(2,23-6-10-26(11-7-23)32-20-22-15-18-31(4)19-16-22)24-8-12-27(13-9-24)33-21-25(30-34-5)14-17-29-3/h6-14,17,22H,3,15-16,18-21H2,1-2,4-5H3/b17-14-,30-25+. The number of likely N-dealkylation sites (tertiary alicyclic amines) is 1. The van der Waals surface area contributed by atoms with Crippen LogP contribution < -0.4 is 9.47 Å². The summed E-state index contributed by atoms with van der Waals surface area (Å²) in [4.78, 5) is 6.13. The van der Waals surface area contributed by atoms with Crippen LogP contribution in [0.1, 0.15) is 37.8 Å². The lowest BCUT2D eigenvalue weighted by atomic mass is 9.78. The van der Waals surface area contributed by atoms with Crippen LogP contribution in [0.3, 0.4) is 0 Å². The number of nitrogens with zero attached hydrogens (tertiary/aromatic N) is 3. The van der Waals surface area contributed by atoms with Crippen LogP contribution in [0.25, 0.3) is 0 Å². The lowest BCUT2D eigenvalue weighted by Crippen LogP contribution is -2.32. The normalized spacial score (nSPS) is 16.1. The van der Waals surface area contributed by atoms with Crippen LogP contribution in [0, 0.1) is 5.92 Å². The fourth-order valence-electron chi connectivity index (χ4n) is 4.06. The van der Waals surface area contributed by atoms with E-state index in [9.17, 15) is 0 Å². The Bertz CT molecular complexity index is 960. The molecule has 6 heteroatoms. The van der Waals surface area contributed by atoms with Gasteiger partial charge in [-0.1, -0.05) is 38.1 Å². The largest absolute Gasteiger partial charge is 0.493 e. The Morgan fingerprint density at radius 1 is 1.03 bits per heavy atom. The van der Waals surface area contributed by atoms with Crippen molar-refractivity contribution in [1.82, 2.24) is 4.90 Å². The van der Waals surface area contributed by atoms with Crippen molar-refractivity contribution >= 4 is 24.4 Å². The molecular formula is C28H37N3O2S. The zero-order chi connectivity index (χ0) is 24.4. The number of ether oxygens (including phenoxy) is 2. The summed E-state index contributed by atoms with van der Waals surface area (Å²) < 4.78 is 16.4. The third-order valence-electron chi connectivity index (χ3n) is 6.44. The van der Waals surface area contributed by atoms with E-state index >= 15 is 0 Å². The number of benzene rings is 2. The molecule has 0 aliphatic carbocycles. The molecule has 0 saturated carbocycles. The maximum absolute atomic E-state index is 6.10. The fourth-order valence-corrected chi connectivity index (χ4v) is 4.41. The van der Waals surface area contributed by atoms with Gasteiger partial charge in [0.15, 0.2) is 0 Å². The fraction of sp³-hybridized carbons (Fsp3) is 0.429. The van der Waals surface area contributed by atoms with Gasteiger partial charge in [-0.2, -0.15) is 0 Å². The van der Waals surface area contributed by atoms with Crippen LogP contribution in [-0.4, -0.2) is 56.9 Å². The molecule has 1 heterocycles. The van der Waals surface area contributed by atoms with Crippen molar-refractivity contribution in [3.05, 3.63) is 71.9 Å². The number of hydrogen-bond donors (Lipinski definition) is 0. The van der Waals surface area contributed by atoms with Gasteiger partial charge in [-0.25, -0.2) is 4.40 Å². The van der Waals surface area contributed by atoms with E-state index in [4.69, 9.17) is 9.47 Å². The summed E-state index contributed by atoms with van der Waals surface area (Å²) in [5.74, 6) is 2.42. The third kappa shape index (κ3) is 7.47. The Hall–Kier alpha value is -2.57. The van der Waals surface area contributed by atoms with Crippen molar-refractivity contribution in [2.24, 2.45) is 15.3 Å². The van der Waals surface area contributed by atoms with Gasteiger partial charge in [0.05, 0.1) is 12.3 Å². The second-order valence-corrected chi connectivity index (χ2v) is 9.83. The molecule has 182 valence electrons. The van der Waals surface area contributed by atoms with Gasteiger partial charge in [0.25, 0.3) is 0 Å². The number of hydrogen-bond acceptors (Lipinski definition) is 6. The Labute approximate surface area is 209 Å². The van der Waals surface area contributed by atoms with Gasteiger partial charge in [0.1, 0.15) is 18.1 Å². The lowest BCUT2D eigenvalue weighted by Gasteiger charge is -2.29. The molecule has 0 aromatic heterocycles. The Morgan fingerprint density at radius 2 is 1.59 bits per heavy atom. The summed E-state index contributed by atoms with van der Waals surface area (Å²) in [6.45, 7) is 11.5. The molecule has 5 nitrogen and oxygen atoms in total. The molecule has 0 radical (unpaired) electrons. The van der Waals surface area contributed by atoms with Gasteiger partial charge >= 0.3 is 0 Å². The predicted octanol–water partition coefficient (Wildman–Crippen LogP) is 6.05. The third-order valence-corrected chi connectivity index (χ3v) is 6.86. The zero-order valence-electron chi connectivity index (χ0n) is 20.9. The molecule has 0 atom stereocenters. The summed E-state index contributed by atoms with van der Waals surface area (Å²) in [6, 6.07) is 16.9. The highest BCUT2D eigenvalue weighted by Crippen LogP contribution is 2.33. The average Bonchev–Trinajstić information content (AvgIpc) is 2.86. The minimum atomic E-state index is -0.130. The molecule has 1 aliphatic rings. The van der Waals surface area contributed by atoms with E-state index in [0.717, 1.165) is 23.8 Å². The first-order chi connectivity index (χ1) is 16.4. The first kappa shape index (κ1) is 26.0. The van der Waals surface area contributed by atoms with E-state index < -0.39 is 0 Å². The Morgan fingerprint density at radius 3 is 2.12 bits per heavy atom. The highest BCUT2D eigenvalue weighted by molar-refractivity contribution is 7.97. The van der Waals surface area contributed by atoms with Crippen LogP contribution in [0.5, 0.6) is 11.5 Å².